The van der Waals surface area contributed by atoms with Gasteiger partial charge in [0.15, 0.2) is 11.5 Å². The Kier molecular flexibility index (Phi) is 5.16. The van der Waals surface area contributed by atoms with Crippen molar-refractivity contribution in [3.63, 3.8) is 0 Å². The van der Waals surface area contributed by atoms with E-state index in [-0.39, 0.29) is 11.9 Å². The Bertz CT molecular complexity index is 984. The van der Waals surface area contributed by atoms with Crippen LogP contribution < -0.4 is 19.5 Å². The first-order valence-corrected chi connectivity index (χ1v) is 9.82. The first kappa shape index (κ1) is 18.3. The molecule has 1 atom stereocenters. The van der Waals surface area contributed by atoms with Gasteiger partial charge in [0.1, 0.15) is 29.7 Å². The van der Waals surface area contributed by atoms with Crippen molar-refractivity contribution in [1.29, 1.82) is 0 Å². The molecule has 144 valence electrons. The molecule has 2 aromatic carbocycles. The van der Waals surface area contributed by atoms with E-state index in [1.165, 1.54) is 11.3 Å². The molecule has 0 saturated carbocycles. The summed E-state index contributed by atoms with van der Waals surface area (Å²) < 4.78 is 16.3. The van der Waals surface area contributed by atoms with E-state index in [0.29, 0.717) is 24.7 Å². The highest BCUT2D eigenvalue weighted by molar-refractivity contribution is 7.13. The minimum Gasteiger partial charge on any atom is -0.497 e. The number of rotatable bonds is 5. The van der Waals surface area contributed by atoms with Crippen molar-refractivity contribution in [3.8, 4) is 27.8 Å². The number of carbonyl (C=O) groups excluding carboxylic acids is 1. The molecule has 1 amide bonds. The molecule has 0 fully saturated rings. The number of aromatic nitrogens is 1. The van der Waals surface area contributed by atoms with Gasteiger partial charge in [-0.25, -0.2) is 4.98 Å². The van der Waals surface area contributed by atoms with Crippen LogP contribution in [0.5, 0.6) is 17.2 Å². The standard InChI is InChI=1S/C21H20N2O4S/c1-13(15-5-8-18-19(11-15)27-10-9-26-18)22-20(24)17-12-28-21(23-17)14-3-6-16(25-2)7-4-14/h3-8,11-13H,9-10H2,1-2H3,(H,22,24). The third-order valence-electron chi connectivity index (χ3n) is 4.49. The van der Waals surface area contributed by atoms with Crippen LogP contribution in [0, 0.1) is 0 Å². The van der Waals surface area contributed by atoms with Gasteiger partial charge >= 0.3 is 0 Å². The van der Waals surface area contributed by atoms with Gasteiger partial charge in [0.05, 0.1) is 13.2 Å². The summed E-state index contributed by atoms with van der Waals surface area (Å²) in [6.45, 7) is 3.02. The number of thiazole rings is 1. The molecule has 1 unspecified atom stereocenters. The molecule has 6 nitrogen and oxygen atoms in total. The van der Waals surface area contributed by atoms with Crippen LogP contribution in [0.25, 0.3) is 10.6 Å². The SMILES string of the molecule is COc1ccc(-c2nc(C(=O)NC(C)c3ccc4c(c3)OCCO4)cs2)cc1. The maximum atomic E-state index is 12.6. The minimum absolute atomic E-state index is 0.186. The number of nitrogens with zero attached hydrogens (tertiary/aromatic N) is 1. The lowest BCUT2D eigenvalue weighted by Gasteiger charge is -2.21. The van der Waals surface area contributed by atoms with Gasteiger partial charge in [-0.05, 0) is 48.9 Å². The summed E-state index contributed by atoms with van der Waals surface area (Å²) in [5, 5.41) is 5.55. The lowest BCUT2D eigenvalue weighted by atomic mass is 10.1. The van der Waals surface area contributed by atoms with Crippen molar-refractivity contribution in [2.45, 2.75) is 13.0 Å². The largest absolute Gasteiger partial charge is 0.497 e. The fourth-order valence-corrected chi connectivity index (χ4v) is 3.73. The molecule has 0 radical (unpaired) electrons. The molecule has 0 aliphatic carbocycles. The van der Waals surface area contributed by atoms with Crippen molar-refractivity contribution < 1.29 is 19.0 Å². The molecule has 0 bridgehead atoms. The Morgan fingerprint density at radius 2 is 1.89 bits per heavy atom. The summed E-state index contributed by atoms with van der Waals surface area (Å²) in [7, 11) is 1.63. The molecule has 1 aromatic heterocycles. The van der Waals surface area contributed by atoms with Crippen LogP contribution >= 0.6 is 11.3 Å². The Morgan fingerprint density at radius 1 is 1.14 bits per heavy atom. The van der Waals surface area contributed by atoms with Crippen LogP contribution in [-0.2, 0) is 0 Å². The van der Waals surface area contributed by atoms with Gasteiger partial charge in [-0.2, -0.15) is 0 Å². The Labute approximate surface area is 167 Å². The summed E-state index contributed by atoms with van der Waals surface area (Å²) in [4.78, 5) is 17.1. The van der Waals surface area contributed by atoms with Crippen LogP contribution in [0.1, 0.15) is 29.0 Å². The molecule has 0 spiro atoms. The van der Waals surface area contributed by atoms with E-state index in [9.17, 15) is 4.79 Å². The van der Waals surface area contributed by atoms with Crippen LogP contribution in [-0.4, -0.2) is 31.2 Å². The number of fused-ring (bicyclic) bond motifs is 1. The summed E-state index contributed by atoms with van der Waals surface area (Å²) in [5.41, 5.74) is 2.30. The first-order valence-electron chi connectivity index (χ1n) is 8.94. The van der Waals surface area contributed by atoms with E-state index in [1.54, 1.807) is 12.5 Å². The van der Waals surface area contributed by atoms with Crippen molar-refractivity contribution in [2.75, 3.05) is 20.3 Å². The average molecular weight is 396 g/mol. The number of benzene rings is 2. The highest BCUT2D eigenvalue weighted by Gasteiger charge is 2.18. The molecular weight excluding hydrogens is 376 g/mol. The fourth-order valence-electron chi connectivity index (χ4n) is 2.93. The van der Waals surface area contributed by atoms with E-state index < -0.39 is 0 Å². The van der Waals surface area contributed by atoms with Gasteiger partial charge in [-0.15, -0.1) is 11.3 Å². The van der Waals surface area contributed by atoms with E-state index in [1.807, 2.05) is 49.4 Å². The van der Waals surface area contributed by atoms with Crippen LogP contribution in [0.15, 0.2) is 47.8 Å². The summed E-state index contributed by atoms with van der Waals surface area (Å²) >= 11 is 1.44. The predicted octanol–water partition coefficient (Wildman–Crippen LogP) is 4.08. The Balaban J connectivity index is 1.45. The molecule has 1 N–H and O–H groups in total. The lowest BCUT2D eigenvalue weighted by Crippen LogP contribution is -2.27. The molecule has 28 heavy (non-hydrogen) atoms. The highest BCUT2D eigenvalue weighted by Crippen LogP contribution is 2.32. The summed E-state index contributed by atoms with van der Waals surface area (Å²) in [6.07, 6.45) is 0. The Morgan fingerprint density at radius 3 is 2.64 bits per heavy atom. The van der Waals surface area contributed by atoms with Crippen molar-refractivity contribution >= 4 is 17.2 Å². The van der Waals surface area contributed by atoms with Gasteiger partial charge in [0, 0.05) is 10.9 Å². The molecule has 3 aromatic rings. The van der Waals surface area contributed by atoms with E-state index in [0.717, 1.165) is 27.6 Å². The third kappa shape index (κ3) is 3.80. The van der Waals surface area contributed by atoms with Crippen LogP contribution in [0.4, 0.5) is 0 Å². The van der Waals surface area contributed by atoms with Gasteiger partial charge in [-0.1, -0.05) is 6.07 Å². The summed E-state index contributed by atoms with van der Waals surface area (Å²) in [6, 6.07) is 13.1. The molecule has 0 saturated heterocycles. The second-order valence-electron chi connectivity index (χ2n) is 6.36. The normalized spacial score (nSPS) is 13.6. The van der Waals surface area contributed by atoms with E-state index in [4.69, 9.17) is 14.2 Å². The zero-order valence-corrected chi connectivity index (χ0v) is 16.4. The summed E-state index contributed by atoms with van der Waals surface area (Å²) in [5.74, 6) is 2.02. The molecular formula is C21H20N2O4S. The smallest absolute Gasteiger partial charge is 0.271 e. The second-order valence-corrected chi connectivity index (χ2v) is 7.22. The predicted molar refractivity (Wildman–Crippen MR) is 107 cm³/mol. The average Bonchev–Trinajstić information content (AvgIpc) is 3.24. The number of methoxy groups -OCH3 is 1. The second kappa shape index (κ2) is 7.90. The van der Waals surface area contributed by atoms with Gasteiger partial charge < -0.3 is 19.5 Å². The van der Waals surface area contributed by atoms with Crippen LogP contribution in [0.3, 0.4) is 0 Å². The zero-order valence-electron chi connectivity index (χ0n) is 15.6. The quantitative estimate of drug-likeness (QED) is 0.704. The van der Waals surface area contributed by atoms with Gasteiger partial charge in [0.2, 0.25) is 0 Å². The molecule has 1 aliphatic heterocycles. The molecule has 4 rings (SSSR count). The maximum absolute atomic E-state index is 12.6. The number of hydrogen-bond acceptors (Lipinski definition) is 6. The number of carbonyl (C=O) groups is 1. The van der Waals surface area contributed by atoms with Gasteiger partial charge in [-0.3, -0.25) is 4.79 Å². The van der Waals surface area contributed by atoms with Crippen molar-refractivity contribution in [1.82, 2.24) is 10.3 Å². The molecule has 2 heterocycles. The topological polar surface area (TPSA) is 69.7 Å². The van der Waals surface area contributed by atoms with E-state index in [2.05, 4.69) is 10.3 Å². The highest BCUT2D eigenvalue weighted by atomic mass is 32.1. The molecule has 1 aliphatic rings. The number of ether oxygens (including phenoxy) is 3. The first-order chi connectivity index (χ1) is 13.6. The lowest BCUT2D eigenvalue weighted by molar-refractivity contribution is 0.0935. The van der Waals surface area contributed by atoms with Crippen molar-refractivity contribution in [3.05, 3.63) is 59.1 Å². The van der Waals surface area contributed by atoms with Crippen LogP contribution in [0.2, 0.25) is 0 Å². The maximum Gasteiger partial charge on any atom is 0.271 e. The minimum atomic E-state index is -0.210. The monoisotopic (exact) mass is 396 g/mol. The number of amides is 1. The number of nitrogens with one attached hydrogen (secondary N) is 1. The third-order valence-corrected chi connectivity index (χ3v) is 5.38. The van der Waals surface area contributed by atoms with Crippen molar-refractivity contribution in [2.24, 2.45) is 0 Å². The zero-order chi connectivity index (χ0) is 19.5. The fraction of sp³-hybridized carbons (Fsp3) is 0.238. The number of hydrogen-bond donors (Lipinski definition) is 1. The van der Waals surface area contributed by atoms with E-state index >= 15 is 0 Å². The Hall–Kier alpha value is -3.06. The van der Waals surface area contributed by atoms with Gasteiger partial charge in [0.25, 0.3) is 5.91 Å². The molecule has 7 heteroatoms.